The molecule has 3 heteroatoms. The highest BCUT2D eigenvalue weighted by molar-refractivity contribution is 5.95. The minimum absolute atomic E-state index is 0.141. The van der Waals surface area contributed by atoms with E-state index in [0.717, 1.165) is 42.5 Å². The maximum Gasteiger partial charge on any atom is 0.230 e. The first-order valence-electron chi connectivity index (χ1n) is 7.66. The fraction of sp³-hybridized carbons (Fsp3) is 0.500. The number of carbonyl (C=O) groups is 1. The Hall–Kier alpha value is -1.79. The van der Waals surface area contributed by atoms with E-state index in [1.165, 1.54) is 6.42 Å². The van der Waals surface area contributed by atoms with Crippen molar-refractivity contribution in [1.29, 1.82) is 0 Å². The highest BCUT2D eigenvalue weighted by Crippen LogP contribution is 2.36. The van der Waals surface area contributed by atoms with Crippen LogP contribution in [0.3, 0.4) is 0 Å². The van der Waals surface area contributed by atoms with Gasteiger partial charge < -0.3 is 11.1 Å². The lowest BCUT2D eigenvalue weighted by atomic mass is 9.75. The molecule has 1 amide bonds. The Morgan fingerprint density at radius 1 is 1.33 bits per heavy atom. The fourth-order valence-corrected chi connectivity index (χ4v) is 2.87. The molecule has 3 N–H and O–H groups in total. The molecule has 0 aromatic heterocycles. The highest BCUT2D eigenvalue weighted by Gasteiger charge is 2.34. The van der Waals surface area contributed by atoms with E-state index in [-0.39, 0.29) is 11.3 Å². The molecular formula is C18H24N2O. The third kappa shape index (κ3) is 3.86. The van der Waals surface area contributed by atoms with Gasteiger partial charge in [-0.15, -0.1) is 0 Å². The summed E-state index contributed by atoms with van der Waals surface area (Å²) in [6, 6.07) is 5.83. The van der Waals surface area contributed by atoms with Crippen LogP contribution in [-0.2, 0) is 4.79 Å². The lowest BCUT2D eigenvalue weighted by Crippen LogP contribution is -2.35. The molecule has 0 heterocycles. The molecule has 0 atom stereocenters. The summed E-state index contributed by atoms with van der Waals surface area (Å²) in [7, 11) is 0. The molecule has 1 saturated carbocycles. The van der Waals surface area contributed by atoms with E-state index in [1.54, 1.807) is 0 Å². The van der Waals surface area contributed by atoms with E-state index in [9.17, 15) is 4.79 Å². The van der Waals surface area contributed by atoms with Crippen LogP contribution in [0.4, 0.5) is 5.69 Å². The van der Waals surface area contributed by atoms with Gasteiger partial charge in [0.1, 0.15) is 0 Å². The molecule has 0 bridgehead atoms. The van der Waals surface area contributed by atoms with Crippen LogP contribution in [0, 0.1) is 24.2 Å². The van der Waals surface area contributed by atoms with Crippen molar-refractivity contribution in [3.63, 3.8) is 0 Å². The van der Waals surface area contributed by atoms with Gasteiger partial charge in [0.15, 0.2) is 0 Å². The van der Waals surface area contributed by atoms with Crippen molar-refractivity contribution in [2.24, 2.45) is 11.1 Å². The molecule has 1 aliphatic rings. The normalized spacial score (nSPS) is 16.7. The monoisotopic (exact) mass is 284 g/mol. The standard InChI is InChI=1S/C18H24N2O/c1-14-13-16(9-8-15(14)7-6-12-19)20-17(21)18(2)10-4-3-5-11-18/h8-9,13H,3-5,10-12,19H2,1-2H3,(H,20,21). The quantitative estimate of drug-likeness (QED) is 0.819. The Kier molecular flexibility index (Phi) is 5.03. The first kappa shape index (κ1) is 15.6. The lowest BCUT2D eigenvalue weighted by molar-refractivity contribution is -0.126. The summed E-state index contributed by atoms with van der Waals surface area (Å²) < 4.78 is 0. The molecular weight excluding hydrogens is 260 g/mol. The van der Waals surface area contributed by atoms with Gasteiger partial charge in [0.2, 0.25) is 5.91 Å². The summed E-state index contributed by atoms with van der Waals surface area (Å²) in [6.45, 7) is 4.43. The van der Waals surface area contributed by atoms with Crippen molar-refractivity contribution in [3.05, 3.63) is 29.3 Å². The second-order valence-electron chi connectivity index (χ2n) is 6.11. The maximum absolute atomic E-state index is 12.5. The zero-order chi connectivity index (χ0) is 15.3. The summed E-state index contributed by atoms with van der Waals surface area (Å²) in [6.07, 6.45) is 5.51. The molecule has 21 heavy (non-hydrogen) atoms. The van der Waals surface area contributed by atoms with Crippen LogP contribution in [0.1, 0.15) is 50.2 Å². The van der Waals surface area contributed by atoms with Gasteiger partial charge in [0.25, 0.3) is 0 Å². The second kappa shape index (κ2) is 6.78. The number of hydrogen-bond acceptors (Lipinski definition) is 2. The Morgan fingerprint density at radius 3 is 2.67 bits per heavy atom. The van der Waals surface area contributed by atoms with E-state index >= 15 is 0 Å². The zero-order valence-electron chi connectivity index (χ0n) is 13.0. The average molecular weight is 284 g/mol. The molecule has 0 aliphatic heterocycles. The molecule has 1 fully saturated rings. The van der Waals surface area contributed by atoms with E-state index < -0.39 is 0 Å². The molecule has 1 aromatic rings. The van der Waals surface area contributed by atoms with Gasteiger partial charge in [-0.05, 0) is 43.5 Å². The predicted molar refractivity (Wildman–Crippen MR) is 86.9 cm³/mol. The summed E-state index contributed by atoms with van der Waals surface area (Å²) >= 11 is 0. The molecule has 1 aliphatic carbocycles. The van der Waals surface area contributed by atoms with Crippen LogP contribution in [-0.4, -0.2) is 12.5 Å². The molecule has 0 spiro atoms. The minimum atomic E-state index is -0.218. The lowest BCUT2D eigenvalue weighted by Gasteiger charge is -2.32. The summed E-state index contributed by atoms with van der Waals surface area (Å²) in [5.41, 5.74) is 8.04. The second-order valence-corrected chi connectivity index (χ2v) is 6.11. The van der Waals surface area contributed by atoms with E-state index in [4.69, 9.17) is 5.73 Å². The number of hydrogen-bond donors (Lipinski definition) is 2. The van der Waals surface area contributed by atoms with Crippen LogP contribution < -0.4 is 11.1 Å². The van der Waals surface area contributed by atoms with Gasteiger partial charge >= 0.3 is 0 Å². The number of benzene rings is 1. The number of nitrogens with one attached hydrogen (secondary N) is 1. The molecule has 112 valence electrons. The topological polar surface area (TPSA) is 55.1 Å². The molecule has 3 nitrogen and oxygen atoms in total. The third-order valence-electron chi connectivity index (χ3n) is 4.31. The van der Waals surface area contributed by atoms with Crippen LogP contribution in [0.15, 0.2) is 18.2 Å². The maximum atomic E-state index is 12.5. The Morgan fingerprint density at radius 2 is 2.05 bits per heavy atom. The molecule has 0 radical (unpaired) electrons. The smallest absolute Gasteiger partial charge is 0.230 e. The van der Waals surface area contributed by atoms with Crippen LogP contribution in [0.25, 0.3) is 0 Å². The SMILES string of the molecule is Cc1cc(NC(=O)C2(C)CCCCC2)ccc1C#CCN. The van der Waals surface area contributed by atoms with Gasteiger partial charge in [0, 0.05) is 16.7 Å². The number of aryl methyl sites for hydroxylation is 1. The largest absolute Gasteiger partial charge is 0.326 e. The fourth-order valence-electron chi connectivity index (χ4n) is 2.87. The molecule has 0 unspecified atom stereocenters. The molecule has 0 saturated heterocycles. The van der Waals surface area contributed by atoms with Crippen molar-refractivity contribution in [2.45, 2.75) is 46.0 Å². The number of carbonyl (C=O) groups excluding carboxylic acids is 1. The van der Waals surface area contributed by atoms with Gasteiger partial charge in [-0.25, -0.2) is 0 Å². The number of anilines is 1. The van der Waals surface area contributed by atoms with Crippen molar-refractivity contribution in [2.75, 3.05) is 11.9 Å². The summed E-state index contributed by atoms with van der Waals surface area (Å²) in [4.78, 5) is 12.5. The zero-order valence-corrected chi connectivity index (χ0v) is 13.0. The Labute approximate surface area is 127 Å². The molecule has 1 aromatic carbocycles. The Bertz CT molecular complexity index is 575. The molecule has 2 rings (SSSR count). The first-order chi connectivity index (χ1) is 10.0. The van der Waals surface area contributed by atoms with E-state index in [0.29, 0.717) is 6.54 Å². The first-order valence-corrected chi connectivity index (χ1v) is 7.66. The van der Waals surface area contributed by atoms with Crippen LogP contribution >= 0.6 is 0 Å². The van der Waals surface area contributed by atoms with Crippen molar-refractivity contribution in [3.8, 4) is 11.8 Å². The number of rotatable bonds is 2. The number of amides is 1. The van der Waals surface area contributed by atoms with E-state index in [1.807, 2.05) is 25.1 Å². The van der Waals surface area contributed by atoms with Gasteiger partial charge in [-0.3, -0.25) is 4.79 Å². The minimum Gasteiger partial charge on any atom is -0.326 e. The van der Waals surface area contributed by atoms with Crippen molar-refractivity contribution in [1.82, 2.24) is 0 Å². The summed E-state index contributed by atoms with van der Waals surface area (Å²) in [5, 5.41) is 3.06. The average Bonchev–Trinajstić information content (AvgIpc) is 2.47. The number of nitrogens with two attached hydrogens (primary N) is 1. The third-order valence-corrected chi connectivity index (χ3v) is 4.31. The Balaban J connectivity index is 2.09. The van der Waals surface area contributed by atoms with Crippen molar-refractivity contribution < 1.29 is 4.79 Å². The summed E-state index contributed by atoms with van der Waals surface area (Å²) in [5.74, 6) is 6.03. The van der Waals surface area contributed by atoms with Crippen LogP contribution in [0.2, 0.25) is 0 Å². The van der Waals surface area contributed by atoms with Gasteiger partial charge in [-0.2, -0.15) is 0 Å². The predicted octanol–water partition coefficient (Wildman–Crippen LogP) is 3.21. The highest BCUT2D eigenvalue weighted by atomic mass is 16.2. The van der Waals surface area contributed by atoms with Crippen LogP contribution in [0.5, 0.6) is 0 Å². The van der Waals surface area contributed by atoms with E-state index in [2.05, 4.69) is 24.1 Å². The van der Waals surface area contributed by atoms with Gasteiger partial charge in [0.05, 0.1) is 6.54 Å². The van der Waals surface area contributed by atoms with Gasteiger partial charge in [-0.1, -0.05) is 38.0 Å². The van der Waals surface area contributed by atoms with Crippen molar-refractivity contribution >= 4 is 11.6 Å².